The topological polar surface area (TPSA) is 43.4 Å². The van der Waals surface area contributed by atoms with Gasteiger partial charge >= 0.3 is 0 Å². The minimum absolute atomic E-state index is 0.109. The molecule has 94 valence electrons. The maximum Gasteiger partial charge on any atom is 0.293 e. The molecule has 0 N–H and O–H groups in total. The van der Waals surface area contributed by atoms with Crippen LogP contribution >= 0.6 is 0 Å². The fraction of sp³-hybridized carbons (Fsp3) is 0.692. The normalized spacial score (nSPS) is 13.5. The Labute approximate surface area is 98.9 Å². The Morgan fingerprint density at radius 2 is 1.94 bits per heavy atom. The van der Waals surface area contributed by atoms with Crippen LogP contribution in [0, 0.1) is 0 Å². The highest BCUT2D eigenvalue weighted by Gasteiger charge is 2.12. The predicted molar refractivity (Wildman–Crippen MR) is 66.3 cm³/mol. The van der Waals surface area contributed by atoms with Gasteiger partial charge in [-0.3, -0.25) is 9.59 Å². The molecule has 0 aromatic rings. The van der Waals surface area contributed by atoms with E-state index in [1.54, 1.807) is 0 Å². The Bertz CT molecular complexity index is 207. The molecule has 0 amide bonds. The standard InChI is InChI=1S/C8H10O3.C3H8.C2H6/c9-6-11-5-7-3-1-2-4-8(7)10;1-3-2;1-2/h3,6H,1-2,4-5H2;3H2,1-2H3;1-2H3. The second-order valence-electron chi connectivity index (χ2n) is 3.16. The highest BCUT2D eigenvalue weighted by molar-refractivity contribution is 5.96. The molecule has 0 aliphatic heterocycles. The second kappa shape index (κ2) is 13.9. The molecule has 0 bridgehead atoms. The van der Waals surface area contributed by atoms with E-state index in [2.05, 4.69) is 18.6 Å². The van der Waals surface area contributed by atoms with E-state index < -0.39 is 0 Å². The number of carbonyl (C=O) groups excluding carboxylic acids is 2. The summed E-state index contributed by atoms with van der Waals surface area (Å²) in [6, 6.07) is 0. The van der Waals surface area contributed by atoms with Crippen LogP contribution in [-0.4, -0.2) is 18.9 Å². The van der Waals surface area contributed by atoms with Crippen LogP contribution in [-0.2, 0) is 14.3 Å². The first-order valence-corrected chi connectivity index (χ1v) is 6.03. The Hall–Kier alpha value is -1.12. The highest BCUT2D eigenvalue weighted by Crippen LogP contribution is 2.13. The van der Waals surface area contributed by atoms with E-state index in [9.17, 15) is 9.59 Å². The lowest BCUT2D eigenvalue weighted by Gasteiger charge is -2.09. The Morgan fingerprint density at radius 1 is 1.38 bits per heavy atom. The molecular weight excluding hydrogens is 204 g/mol. The summed E-state index contributed by atoms with van der Waals surface area (Å²) in [7, 11) is 0. The van der Waals surface area contributed by atoms with Gasteiger partial charge in [-0.25, -0.2) is 0 Å². The minimum Gasteiger partial charge on any atom is -0.463 e. The van der Waals surface area contributed by atoms with E-state index in [4.69, 9.17) is 0 Å². The maximum absolute atomic E-state index is 11.0. The third kappa shape index (κ3) is 9.44. The van der Waals surface area contributed by atoms with Gasteiger partial charge in [0.2, 0.25) is 0 Å². The first-order chi connectivity index (χ1) is 7.76. The maximum atomic E-state index is 11.0. The van der Waals surface area contributed by atoms with E-state index in [-0.39, 0.29) is 12.4 Å². The summed E-state index contributed by atoms with van der Waals surface area (Å²) >= 11 is 0. The number of rotatable bonds is 3. The van der Waals surface area contributed by atoms with Gasteiger partial charge in [0, 0.05) is 12.0 Å². The molecule has 1 aliphatic carbocycles. The lowest BCUT2D eigenvalue weighted by atomic mass is 9.99. The Balaban J connectivity index is 0. The number of ketones is 1. The third-order valence-corrected chi connectivity index (χ3v) is 1.66. The van der Waals surface area contributed by atoms with E-state index in [1.165, 1.54) is 6.42 Å². The first-order valence-electron chi connectivity index (χ1n) is 6.03. The zero-order chi connectivity index (χ0) is 12.8. The highest BCUT2D eigenvalue weighted by atomic mass is 16.5. The third-order valence-electron chi connectivity index (χ3n) is 1.66. The van der Waals surface area contributed by atoms with E-state index in [0.717, 1.165) is 12.8 Å². The van der Waals surface area contributed by atoms with Crippen molar-refractivity contribution in [2.24, 2.45) is 0 Å². The molecule has 1 rings (SSSR count). The average Bonchev–Trinajstić information content (AvgIpc) is 2.32. The van der Waals surface area contributed by atoms with Crippen LogP contribution in [0.5, 0.6) is 0 Å². The van der Waals surface area contributed by atoms with Crippen molar-refractivity contribution in [2.75, 3.05) is 6.61 Å². The zero-order valence-corrected chi connectivity index (χ0v) is 10.9. The SMILES string of the molecule is CC.CCC.O=COCC1=CCCCC1=O. The number of Topliss-reactive ketones (excluding diaryl/α,β-unsaturated/α-hetero) is 1. The number of carbonyl (C=O) groups is 2. The lowest BCUT2D eigenvalue weighted by molar-refractivity contribution is -0.128. The molecule has 3 heteroatoms. The quantitative estimate of drug-likeness (QED) is 0.696. The fourth-order valence-electron chi connectivity index (χ4n) is 1.08. The van der Waals surface area contributed by atoms with Crippen molar-refractivity contribution in [3.05, 3.63) is 11.6 Å². The largest absolute Gasteiger partial charge is 0.463 e. The van der Waals surface area contributed by atoms with Gasteiger partial charge in [-0.1, -0.05) is 40.2 Å². The van der Waals surface area contributed by atoms with Crippen LogP contribution in [0.25, 0.3) is 0 Å². The zero-order valence-electron chi connectivity index (χ0n) is 10.9. The van der Waals surface area contributed by atoms with Crippen LogP contribution in [0.1, 0.15) is 53.4 Å². The molecule has 3 nitrogen and oxygen atoms in total. The van der Waals surface area contributed by atoms with Crippen LogP contribution in [0.4, 0.5) is 0 Å². The van der Waals surface area contributed by atoms with Crippen molar-refractivity contribution in [1.82, 2.24) is 0 Å². The van der Waals surface area contributed by atoms with E-state index in [1.807, 2.05) is 19.9 Å². The summed E-state index contributed by atoms with van der Waals surface area (Å²) in [6.07, 6.45) is 5.52. The van der Waals surface area contributed by atoms with Crippen molar-refractivity contribution in [2.45, 2.75) is 53.4 Å². The van der Waals surface area contributed by atoms with Crippen molar-refractivity contribution < 1.29 is 14.3 Å². The molecule has 0 aromatic heterocycles. The number of allylic oxidation sites excluding steroid dienone is 1. The summed E-state index contributed by atoms with van der Waals surface area (Å²) in [4.78, 5) is 20.8. The molecule has 0 radical (unpaired) electrons. The van der Waals surface area contributed by atoms with Crippen LogP contribution < -0.4 is 0 Å². The molecular formula is C13H24O3. The molecule has 0 fully saturated rings. The molecule has 0 unspecified atom stereocenters. The number of hydrogen-bond acceptors (Lipinski definition) is 3. The monoisotopic (exact) mass is 228 g/mol. The predicted octanol–water partition coefficient (Wildman–Crippen LogP) is 3.28. The molecule has 0 saturated heterocycles. The van der Waals surface area contributed by atoms with Crippen molar-refractivity contribution in [1.29, 1.82) is 0 Å². The second-order valence-corrected chi connectivity index (χ2v) is 3.16. The lowest BCUT2D eigenvalue weighted by Crippen LogP contribution is -2.11. The molecule has 0 atom stereocenters. The summed E-state index contributed by atoms with van der Waals surface area (Å²) in [5.74, 6) is 0.109. The van der Waals surface area contributed by atoms with E-state index in [0.29, 0.717) is 18.5 Å². The van der Waals surface area contributed by atoms with Gasteiger partial charge in [0.15, 0.2) is 5.78 Å². The van der Waals surface area contributed by atoms with Crippen LogP contribution in [0.15, 0.2) is 11.6 Å². The summed E-state index contributed by atoms with van der Waals surface area (Å²) < 4.78 is 4.47. The Morgan fingerprint density at radius 3 is 2.38 bits per heavy atom. The average molecular weight is 228 g/mol. The van der Waals surface area contributed by atoms with Crippen molar-refractivity contribution >= 4 is 12.3 Å². The van der Waals surface area contributed by atoms with Crippen LogP contribution in [0.2, 0.25) is 0 Å². The molecule has 1 aliphatic rings. The van der Waals surface area contributed by atoms with Gasteiger partial charge in [-0.2, -0.15) is 0 Å². The van der Waals surface area contributed by atoms with Gasteiger partial charge in [0.25, 0.3) is 6.47 Å². The number of hydrogen-bond donors (Lipinski definition) is 0. The van der Waals surface area contributed by atoms with Crippen LogP contribution in [0.3, 0.4) is 0 Å². The van der Waals surface area contributed by atoms with Gasteiger partial charge in [0.1, 0.15) is 6.61 Å². The molecule has 0 aromatic carbocycles. The van der Waals surface area contributed by atoms with Gasteiger partial charge in [-0.05, 0) is 12.8 Å². The van der Waals surface area contributed by atoms with Gasteiger partial charge < -0.3 is 4.74 Å². The smallest absolute Gasteiger partial charge is 0.293 e. The van der Waals surface area contributed by atoms with Gasteiger partial charge in [0.05, 0.1) is 0 Å². The summed E-state index contributed by atoms with van der Waals surface area (Å²) in [6.45, 7) is 8.76. The minimum atomic E-state index is 0.109. The first kappa shape index (κ1) is 17.3. The molecule has 16 heavy (non-hydrogen) atoms. The molecule has 0 saturated carbocycles. The van der Waals surface area contributed by atoms with E-state index >= 15 is 0 Å². The molecule has 0 heterocycles. The number of ether oxygens (including phenoxy) is 1. The molecule has 0 spiro atoms. The Kier molecular flexibility index (Phi) is 15.0. The van der Waals surface area contributed by atoms with Crippen molar-refractivity contribution in [3.8, 4) is 0 Å². The summed E-state index contributed by atoms with van der Waals surface area (Å²) in [5, 5.41) is 0. The summed E-state index contributed by atoms with van der Waals surface area (Å²) in [5.41, 5.74) is 0.642. The van der Waals surface area contributed by atoms with Crippen molar-refractivity contribution in [3.63, 3.8) is 0 Å². The van der Waals surface area contributed by atoms with Gasteiger partial charge in [-0.15, -0.1) is 0 Å². The fourth-order valence-corrected chi connectivity index (χ4v) is 1.08.